The zero-order valence-electron chi connectivity index (χ0n) is 14.2. The number of non-ortho nitro benzene ring substituents is 1. The van der Waals surface area contributed by atoms with Crippen molar-refractivity contribution < 1.29 is 19.2 Å². The average Bonchev–Trinajstić information content (AvgIpc) is 2.65. The highest BCUT2D eigenvalue weighted by Gasteiger charge is 2.15. The summed E-state index contributed by atoms with van der Waals surface area (Å²) in [5.74, 6) is -0.857. The topological polar surface area (TPSA) is 111 Å². The van der Waals surface area contributed by atoms with Gasteiger partial charge in [-0.15, -0.1) is 0 Å². The summed E-state index contributed by atoms with van der Waals surface area (Å²) in [5.41, 5.74) is 0.591. The van der Waals surface area contributed by atoms with E-state index in [2.05, 4.69) is 10.6 Å². The summed E-state index contributed by atoms with van der Waals surface area (Å²) in [7, 11) is 1.58. The SMILES string of the molecule is COCCCNC(=O)c1ccccc1NC(=O)c1cccc([N+](=O)[O-])c1. The third kappa shape index (κ3) is 5.12. The van der Waals surface area contributed by atoms with E-state index in [0.717, 1.165) is 0 Å². The van der Waals surface area contributed by atoms with Crippen molar-refractivity contribution in [3.8, 4) is 0 Å². The van der Waals surface area contributed by atoms with Gasteiger partial charge in [0, 0.05) is 38.0 Å². The molecule has 2 rings (SSSR count). The highest BCUT2D eigenvalue weighted by atomic mass is 16.6. The minimum atomic E-state index is -0.571. The molecule has 2 aromatic rings. The fourth-order valence-electron chi connectivity index (χ4n) is 2.26. The normalized spacial score (nSPS) is 10.2. The first-order chi connectivity index (χ1) is 12.5. The Balaban J connectivity index is 2.12. The van der Waals surface area contributed by atoms with Crippen molar-refractivity contribution in [1.29, 1.82) is 0 Å². The summed E-state index contributed by atoms with van der Waals surface area (Å²) >= 11 is 0. The molecule has 0 aliphatic carbocycles. The molecule has 0 fully saturated rings. The van der Waals surface area contributed by atoms with Crippen LogP contribution in [0.3, 0.4) is 0 Å². The van der Waals surface area contributed by atoms with Crippen LogP contribution in [0.4, 0.5) is 11.4 Å². The molecule has 0 heterocycles. The zero-order valence-corrected chi connectivity index (χ0v) is 14.2. The predicted octanol–water partition coefficient (Wildman–Crippen LogP) is 2.61. The number of carbonyl (C=O) groups excluding carboxylic acids is 2. The van der Waals surface area contributed by atoms with Gasteiger partial charge in [0.15, 0.2) is 0 Å². The number of nitrogens with zero attached hydrogens (tertiary/aromatic N) is 1. The van der Waals surface area contributed by atoms with E-state index in [0.29, 0.717) is 30.8 Å². The Bertz CT molecular complexity index is 807. The van der Waals surface area contributed by atoms with E-state index in [1.54, 1.807) is 31.4 Å². The minimum absolute atomic E-state index is 0.134. The second-order valence-electron chi connectivity index (χ2n) is 5.41. The van der Waals surface area contributed by atoms with E-state index in [9.17, 15) is 19.7 Å². The number of hydrogen-bond donors (Lipinski definition) is 2. The maximum absolute atomic E-state index is 12.4. The second-order valence-corrected chi connectivity index (χ2v) is 5.41. The van der Waals surface area contributed by atoms with Gasteiger partial charge >= 0.3 is 0 Å². The maximum atomic E-state index is 12.4. The van der Waals surface area contributed by atoms with Crippen LogP contribution in [0, 0.1) is 10.1 Å². The lowest BCUT2D eigenvalue weighted by atomic mass is 10.1. The summed E-state index contributed by atoms with van der Waals surface area (Å²) in [6.45, 7) is 0.977. The second kappa shape index (κ2) is 9.28. The molecule has 0 aromatic heterocycles. The van der Waals surface area contributed by atoms with Gasteiger partial charge in [-0.1, -0.05) is 18.2 Å². The van der Waals surface area contributed by atoms with Crippen molar-refractivity contribution in [2.45, 2.75) is 6.42 Å². The number of methoxy groups -OCH3 is 1. The van der Waals surface area contributed by atoms with Crippen molar-refractivity contribution >= 4 is 23.2 Å². The molecule has 0 spiro atoms. The maximum Gasteiger partial charge on any atom is 0.270 e. The Hall–Kier alpha value is -3.26. The van der Waals surface area contributed by atoms with Crippen molar-refractivity contribution in [2.24, 2.45) is 0 Å². The zero-order chi connectivity index (χ0) is 18.9. The number of ether oxygens (including phenoxy) is 1. The van der Waals surface area contributed by atoms with Crippen molar-refractivity contribution in [3.63, 3.8) is 0 Å². The number of anilines is 1. The van der Waals surface area contributed by atoms with Gasteiger partial charge in [-0.2, -0.15) is 0 Å². The summed E-state index contributed by atoms with van der Waals surface area (Å²) in [6, 6.07) is 11.9. The minimum Gasteiger partial charge on any atom is -0.385 e. The van der Waals surface area contributed by atoms with E-state index in [1.807, 2.05) is 0 Å². The van der Waals surface area contributed by atoms with Crippen LogP contribution in [-0.4, -0.2) is 37.0 Å². The van der Waals surface area contributed by atoms with Gasteiger partial charge in [0.2, 0.25) is 0 Å². The van der Waals surface area contributed by atoms with Gasteiger partial charge in [0.1, 0.15) is 0 Å². The number of benzene rings is 2. The molecule has 0 aliphatic heterocycles. The molecular weight excluding hydrogens is 338 g/mol. The fourth-order valence-corrected chi connectivity index (χ4v) is 2.26. The van der Waals surface area contributed by atoms with Gasteiger partial charge in [-0.3, -0.25) is 19.7 Å². The summed E-state index contributed by atoms with van der Waals surface area (Å²) in [5, 5.41) is 16.2. The highest BCUT2D eigenvalue weighted by molar-refractivity contribution is 6.09. The lowest BCUT2D eigenvalue weighted by molar-refractivity contribution is -0.384. The predicted molar refractivity (Wildman–Crippen MR) is 96.3 cm³/mol. The molecule has 0 saturated heterocycles. The largest absolute Gasteiger partial charge is 0.385 e. The van der Waals surface area contributed by atoms with Crippen molar-refractivity contribution in [1.82, 2.24) is 5.32 Å². The average molecular weight is 357 g/mol. The third-order valence-electron chi connectivity index (χ3n) is 3.55. The van der Waals surface area contributed by atoms with Crippen LogP contribution in [0.25, 0.3) is 0 Å². The number of amides is 2. The molecule has 2 amide bonds. The summed E-state index contributed by atoms with van der Waals surface area (Å²) in [4.78, 5) is 34.9. The van der Waals surface area contributed by atoms with Crippen LogP contribution >= 0.6 is 0 Å². The van der Waals surface area contributed by atoms with Crippen LogP contribution in [0.1, 0.15) is 27.1 Å². The third-order valence-corrected chi connectivity index (χ3v) is 3.55. The van der Waals surface area contributed by atoms with Crippen molar-refractivity contribution in [3.05, 3.63) is 69.8 Å². The molecule has 2 N–H and O–H groups in total. The Morgan fingerprint density at radius 3 is 2.62 bits per heavy atom. The van der Waals surface area contributed by atoms with Crippen LogP contribution in [0.5, 0.6) is 0 Å². The summed E-state index contributed by atoms with van der Waals surface area (Å²) in [6.07, 6.45) is 0.671. The van der Waals surface area contributed by atoms with E-state index in [-0.39, 0.29) is 17.2 Å². The molecular formula is C18H19N3O5. The number of nitrogens with one attached hydrogen (secondary N) is 2. The molecule has 0 saturated carbocycles. The molecule has 2 aromatic carbocycles. The first-order valence-corrected chi connectivity index (χ1v) is 7.95. The van der Waals surface area contributed by atoms with E-state index in [1.165, 1.54) is 24.3 Å². The number of rotatable bonds is 8. The molecule has 0 unspecified atom stereocenters. The van der Waals surface area contributed by atoms with Crippen LogP contribution in [-0.2, 0) is 4.74 Å². The summed E-state index contributed by atoms with van der Waals surface area (Å²) < 4.78 is 4.92. The standard InChI is InChI=1S/C18H19N3O5/c1-26-11-5-10-19-18(23)15-8-2-3-9-16(15)20-17(22)13-6-4-7-14(12-13)21(24)25/h2-4,6-9,12H,5,10-11H2,1H3,(H,19,23)(H,20,22). The lowest BCUT2D eigenvalue weighted by Gasteiger charge is -2.11. The Labute approximate surface area is 150 Å². The smallest absolute Gasteiger partial charge is 0.270 e. The van der Waals surface area contributed by atoms with Crippen LogP contribution < -0.4 is 10.6 Å². The van der Waals surface area contributed by atoms with E-state index in [4.69, 9.17) is 4.74 Å². The fraction of sp³-hybridized carbons (Fsp3) is 0.222. The Kier molecular flexibility index (Phi) is 6.81. The van der Waals surface area contributed by atoms with Gasteiger partial charge < -0.3 is 15.4 Å². The lowest BCUT2D eigenvalue weighted by Crippen LogP contribution is -2.26. The van der Waals surface area contributed by atoms with Gasteiger partial charge in [0.05, 0.1) is 16.2 Å². The van der Waals surface area contributed by atoms with Crippen LogP contribution in [0.2, 0.25) is 0 Å². The first-order valence-electron chi connectivity index (χ1n) is 7.95. The number of hydrogen-bond acceptors (Lipinski definition) is 5. The number of para-hydroxylation sites is 1. The monoisotopic (exact) mass is 357 g/mol. The molecule has 0 bridgehead atoms. The molecule has 0 atom stereocenters. The molecule has 8 heteroatoms. The van der Waals surface area contributed by atoms with E-state index < -0.39 is 10.8 Å². The van der Waals surface area contributed by atoms with Gasteiger partial charge in [-0.25, -0.2) is 0 Å². The Morgan fingerprint density at radius 1 is 1.12 bits per heavy atom. The molecule has 0 radical (unpaired) electrons. The molecule has 8 nitrogen and oxygen atoms in total. The molecule has 26 heavy (non-hydrogen) atoms. The van der Waals surface area contributed by atoms with Crippen LogP contribution in [0.15, 0.2) is 48.5 Å². The van der Waals surface area contributed by atoms with E-state index >= 15 is 0 Å². The molecule has 0 aliphatic rings. The highest BCUT2D eigenvalue weighted by Crippen LogP contribution is 2.18. The number of nitro benzene ring substituents is 1. The number of carbonyl (C=O) groups is 2. The number of nitro groups is 1. The quantitative estimate of drug-likeness (QED) is 0.429. The van der Waals surface area contributed by atoms with Crippen molar-refractivity contribution in [2.75, 3.05) is 25.6 Å². The molecule has 136 valence electrons. The van der Waals surface area contributed by atoms with Gasteiger partial charge in [0.25, 0.3) is 17.5 Å². The Morgan fingerprint density at radius 2 is 1.88 bits per heavy atom. The first kappa shape index (κ1) is 19.1. The van der Waals surface area contributed by atoms with Gasteiger partial charge in [-0.05, 0) is 24.6 Å².